The van der Waals surface area contributed by atoms with Gasteiger partial charge in [0, 0.05) is 12.2 Å². The molecule has 0 unspecified atom stereocenters. The van der Waals surface area contributed by atoms with Crippen molar-refractivity contribution in [1.82, 2.24) is 5.32 Å². The fraction of sp³-hybridized carbons (Fsp3) is 0.375. The Morgan fingerprint density at radius 2 is 2.19 bits per heavy atom. The van der Waals surface area contributed by atoms with E-state index >= 15 is 0 Å². The second kappa shape index (κ2) is 7.34. The van der Waals surface area contributed by atoms with E-state index < -0.39 is 11.7 Å². The van der Waals surface area contributed by atoms with Gasteiger partial charge in [-0.15, -0.1) is 0 Å². The van der Waals surface area contributed by atoms with Gasteiger partial charge >= 0.3 is 6.09 Å². The molecule has 1 aromatic carbocycles. The highest BCUT2D eigenvalue weighted by Gasteiger charge is 2.15. The van der Waals surface area contributed by atoms with E-state index in [-0.39, 0.29) is 0 Å². The molecule has 0 heterocycles. The number of nitriles is 1. The Morgan fingerprint density at radius 3 is 2.81 bits per heavy atom. The van der Waals surface area contributed by atoms with Crippen molar-refractivity contribution >= 4 is 17.9 Å². The molecule has 0 bridgehead atoms. The molecule has 1 amide bonds. The van der Waals surface area contributed by atoms with Crippen molar-refractivity contribution in [3.8, 4) is 6.07 Å². The quantitative estimate of drug-likeness (QED) is 0.658. The van der Waals surface area contributed by atoms with E-state index in [2.05, 4.69) is 11.4 Å². The number of nitrogens with one attached hydrogen (secondary N) is 1. The maximum Gasteiger partial charge on any atom is 0.407 e. The first kappa shape index (κ1) is 16.6. The Labute approximate surface area is 125 Å². The summed E-state index contributed by atoms with van der Waals surface area (Å²) in [6.45, 7) is 5.91. The number of hydrogen-bond acceptors (Lipinski definition) is 4. The number of benzene rings is 1. The summed E-state index contributed by atoms with van der Waals surface area (Å²) in [6, 6.07) is 7.24. The molecule has 5 nitrogen and oxygen atoms in total. The molecule has 0 saturated heterocycles. The third-order valence-corrected chi connectivity index (χ3v) is 2.47. The highest BCUT2D eigenvalue weighted by Crippen LogP contribution is 2.14. The number of rotatable bonds is 4. The minimum atomic E-state index is -0.497. The third kappa shape index (κ3) is 6.48. The van der Waals surface area contributed by atoms with Crippen LogP contribution in [0.15, 0.2) is 24.3 Å². The fourth-order valence-corrected chi connectivity index (χ4v) is 1.60. The van der Waals surface area contributed by atoms with Crippen molar-refractivity contribution in [1.29, 1.82) is 5.26 Å². The minimum absolute atomic E-state index is 0.433. The van der Waals surface area contributed by atoms with E-state index in [1.807, 2.05) is 32.9 Å². The van der Waals surface area contributed by atoms with Crippen molar-refractivity contribution in [2.24, 2.45) is 0 Å². The molecule has 0 fully saturated rings. The van der Waals surface area contributed by atoms with Gasteiger partial charge in [-0.05, 0) is 51.0 Å². The lowest BCUT2D eigenvalue weighted by Crippen LogP contribution is -2.32. The maximum atomic E-state index is 11.4. The molecule has 0 aliphatic heterocycles. The van der Waals surface area contributed by atoms with Crippen LogP contribution in [0.3, 0.4) is 0 Å². The molecule has 0 atom stereocenters. The van der Waals surface area contributed by atoms with Crippen molar-refractivity contribution in [3.05, 3.63) is 35.4 Å². The molecule has 1 aromatic rings. The van der Waals surface area contributed by atoms with E-state index in [1.54, 1.807) is 18.2 Å². The van der Waals surface area contributed by atoms with Crippen LogP contribution in [-0.4, -0.2) is 18.2 Å². The molecule has 0 radical (unpaired) electrons. The van der Waals surface area contributed by atoms with Crippen molar-refractivity contribution in [3.63, 3.8) is 0 Å². The van der Waals surface area contributed by atoms with Gasteiger partial charge < -0.3 is 15.8 Å². The van der Waals surface area contributed by atoms with E-state index in [1.165, 1.54) is 0 Å². The van der Waals surface area contributed by atoms with Gasteiger partial charge in [0.05, 0.1) is 11.6 Å². The maximum absolute atomic E-state index is 11.4. The number of nitrogen functional groups attached to an aromatic ring is 1. The molecule has 0 spiro atoms. The Bertz CT molecular complexity index is 566. The second-order valence-corrected chi connectivity index (χ2v) is 5.58. The second-order valence-electron chi connectivity index (χ2n) is 5.58. The summed E-state index contributed by atoms with van der Waals surface area (Å²) in [6.07, 6.45) is 3.91. The normalized spacial score (nSPS) is 11.1. The number of amides is 1. The molecule has 0 aliphatic carbocycles. The number of hydrogen-bond donors (Lipinski definition) is 2. The van der Waals surface area contributed by atoms with Crippen LogP contribution in [0, 0.1) is 11.3 Å². The molecule has 0 saturated carbocycles. The van der Waals surface area contributed by atoms with Crippen LogP contribution >= 0.6 is 0 Å². The number of alkyl carbamates (subject to hydrolysis) is 1. The van der Waals surface area contributed by atoms with Crippen molar-refractivity contribution in [2.45, 2.75) is 32.8 Å². The lowest BCUT2D eigenvalue weighted by atomic mass is 10.1. The van der Waals surface area contributed by atoms with E-state index in [4.69, 9.17) is 15.7 Å². The van der Waals surface area contributed by atoms with Gasteiger partial charge in [-0.1, -0.05) is 12.2 Å². The van der Waals surface area contributed by atoms with Crippen LogP contribution in [0.1, 0.15) is 38.3 Å². The van der Waals surface area contributed by atoms with Gasteiger partial charge in [0.25, 0.3) is 0 Å². The molecule has 3 N–H and O–H groups in total. The molecule has 0 aromatic heterocycles. The summed E-state index contributed by atoms with van der Waals surface area (Å²) >= 11 is 0. The predicted molar refractivity (Wildman–Crippen MR) is 83.5 cm³/mol. The van der Waals surface area contributed by atoms with Crippen molar-refractivity contribution < 1.29 is 9.53 Å². The zero-order chi connectivity index (χ0) is 15.9. The number of nitrogens with two attached hydrogens (primary N) is 1. The summed E-state index contributed by atoms with van der Waals surface area (Å²) in [7, 11) is 0. The first-order chi connectivity index (χ1) is 9.81. The standard InChI is InChI=1S/C16H21N3O2/c1-16(2,3)21-15(20)19-9-5-4-6-12-10-14(18)8-7-13(12)11-17/h4,6-8,10H,5,9,18H2,1-3H3,(H,19,20). The van der Waals surface area contributed by atoms with Gasteiger partial charge in [0.15, 0.2) is 0 Å². The monoisotopic (exact) mass is 287 g/mol. The molecule has 5 heteroatoms. The number of carbonyl (C=O) groups excluding carboxylic acids is 1. The van der Waals surface area contributed by atoms with E-state index in [0.29, 0.717) is 24.2 Å². The van der Waals surface area contributed by atoms with Gasteiger partial charge in [0.1, 0.15) is 5.60 Å². The third-order valence-electron chi connectivity index (χ3n) is 2.47. The Hall–Kier alpha value is -2.48. The molecule has 0 aliphatic rings. The predicted octanol–water partition coefficient (Wildman–Crippen LogP) is 3.07. The van der Waals surface area contributed by atoms with E-state index in [0.717, 1.165) is 5.56 Å². The summed E-state index contributed by atoms with van der Waals surface area (Å²) in [5, 5.41) is 11.7. The van der Waals surface area contributed by atoms with Gasteiger partial charge in [-0.25, -0.2) is 4.79 Å². The Balaban J connectivity index is 2.45. The molecule has 21 heavy (non-hydrogen) atoms. The molecule has 112 valence electrons. The van der Waals surface area contributed by atoms with Crippen LogP contribution < -0.4 is 11.1 Å². The van der Waals surface area contributed by atoms with Crippen LogP contribution in [0.25, 0.3) is 6.08 Å². The molecular formula is C16H21N3O2. The van der Waals surface area contributed by atoms with Gasteiger partial charge in [-0.3, -0.25) is 0 Å². The highest BCUT2D eigenvalue weighted by atomic mass is 16.6. The zero-order valence-corrected chi connectivity index (χ0v) is 12.6. The topological polar surface area (TPSA) is 88.1 Å². The van der Waals surface area contributed by atoms with Crippen LogP contribution in [0.2, 0.25) is 0 Å². The average molecular weight is 287 g/mol. The number of nitrogens with zero attached hydrogens (tertiary/aromatic N) is 1. The lowest BCUT2D eigenvalue weighted by Gasteiger charge is -2.19. The first-order valence-corrected chi connectivity index (χ1v) is 6.75. The first-order valence-electron chi connectivity index (χ1n) is 6.75. The largest absolute Gasteiger partial charge is 0.444 e. The van der Waals surface area contributed by atoms with Gasteiger partial charge in [-0.2, -0.15) is 5.26 Å². The van der Waals surface area contributed by atoms with Gasteiger partial charge in [0.2, 0.25) is 0 Å². The fourth-order valence-electron chi connectivity index (χ4n) is 1.60. The van der Waals surface area contributed by atoms with Crippen LogP contribution in [-0.2, 0) is 4.74 Å². The lowest BCUT2D eigenvalue weighted by molar-refractivity contribution is 0.0529. The summed E-state index contributed by atoms with van der Waals surface area (Å²) in [5.74, 6) is 0. The zero-order valence-electron chi connectivity index (χ0n) is 12.6. The van der Waals surface area contributed by atoms with Crippen LogP contribution in [0.4, 0.5) is 10.5 Å². The number of ether oxygens (including phenoxy) is 1. The SMILES string of the molecule is CC(C)(C)OC(=O)NCCC=Cc1cc(N)ccc1C#N. The number of carbonyl (C=O) groups is 1. The highest BCUT2D eigenvalue weighted by molar-refractivity contribution is 5.67. The average Bonchev–Trinajstić information content (AvgIpc) is 2.36. The summed E-state index contributed by atoms with van der Waals surface area (Å²) in [5.41, 5.74) is 7.15. The minimum Gasteiger partial charge on any atom is -0.444 e. The van der Waals surface area contributed by atoms with Crippen molar-refractivity contribution in [2.75, 3.05) is 12.3 Å². The van der Waals surface area contributed by atoms with Crippen LogP contribution in [0.5, 0.6) is 0 Å². The smallest absolute Gasteiger partial charge is 0.407 e. The summed E-state index contributed by atoms with van der Waals surface area (Å²) < 4.78 is 5.12. The molecule has 1 rings (SSSR count). The Morgan fingerprint density at radius 1 is 1.48 bits per heavy atom. The summed E-state index contributed by atoms with van der Waals surface area (Å²) in [4.78, 5) is 11.4. The number of anilines is 1. The molecular weight excluding hydrogens is 266 g/mol. The Kier molecular flexibility index (Phi) is 5.79. The van der Waals surface area contributed by atoms with E-state index in [9.17, 15) is 4.79 Å².